The molecule has 2 aliphatic heterocycles. The van der Waals surface area contributed by atoms with Crippen LogP contribution in [0.1, 0.15) is 72.0 Å². The third-order valence-electron chi connectivity index (χ3n) is 9.83. The lowest BCUT2D eigenvalue weighted by atomic mass is 9.76. The summed E-state index contributed by atoms with van der Waals surface area (Å²) in [6.45, 7) is 11.4. The van der Waals surface area contributed by atoms with Crippen LogP contribution < -0.4 is 10.6 Å². The first-order chi connectivity index (χ1) is 20.9. The highest BCUT2D eigenvalue weighted by Crippen LogP contribution is 2.35. The Labute approximate surface area is 258 Å². The maximum Gasteiger partial charge on any atom is 0.251 e. The molecule has 5 rings (SSSR count). The fourth-order valence-corrected chi connectivity index (χ4v) is 6.95. The van der Waals surface area contributed by atoms with E-state index in [-0.39, 0.29) is 29.8 Å². The van der Waals surface area contributed by atoms with Crippen LogP contribution in [0.15, 0.2) is 72.8 Å². The van der Waals surface area contributed by atoms with E-state index >= 15 is 0 Å². The third-order valence-corrected chi connectivity index (χ3v) is 9.83. The van der Waals surface area contributed by atoms with Crippen LogP contribution in [0.3, 0.4) is 0 Å². The van der Waals surface area contributed by atoms with E-state index in [4.69, 9.17) is 0 Å². The Balaban J connectivity index is 1.32. The molecule has 3 unspecified atom stereocenters. The van der Waals surface area contributed by atoms with Gasteiger partial charge in [-0.3, -0.25) is 9.59 Å². The zero-order chi connectivity index (χ0) is 30.2. The molecule has 1 aliphatic carbocycles. The summed E-state index contributed by atoms with van der Waals surface area (Å²) >= 11 is 0. The molecule has 2 saturated heterocycles. The third kappa shape index (κ3) is 8.24. The van der Waals surface area contributed by atoms with Gasteiger partial charge in [0.1, 0.15) is 0 Å². The number of hydrogen-bond acceptors (Lipinski definition) is 4. The van der Waals surface area contributed by atoms with Gasteiger partial charge in [-0.15, -0.1) is 0 Å². The molecule has 0 saturated carbocycles. The van der Waals surface area contributed by atoms with Crippen LogP contribution in [0.4, 0.5) is 0 Å². The second-order valence-corrected chi connectivity index (χ2v) is 12.9. The fourth-order valence-electron chi connectivity index (χ4n) is 6.95. The summed E-state index contributed by atoms with van der Waals surface area (Å²) < 4.78 is 0. The van der Waals surface area contributed by atoms with Crippen LogP contribution in [0.25, 0.3) is 0 Å². The van der Waals surface area contributed by atoms with Crippen LogP contribution in [0, 0.1) is 25.7 Å². The van der Waals surface area contributed by atoms with Gasteiger partial charge in [0, 0.05) is 43.7 Å². The molecule has 0 spiro atoms. The SMILES string of the molecule is Cc1ccc(C(=O)NC[C@@H]2CCN(CC(c3ccccc3)C3C=CC=CC3C)C(=O)[C@H](CCN3CCCCC3)N2)cc1C. The number of allylic oxidation sites excluding steroid dienone is 4. The van der Waals surface area contributed by atoms with E-state index in [1.165, 1.54) is 30.4 Å². The van der Waals surface area contributed by atoms with Gasteiger partial charge in [0.2, 0.25) is 5.91 Å². The van der Waals surface area contributed by atoms with Crippen LogP contribution in [0.5, 0.6) is 0 Å². The van der Waals surface area contributed by atoms with Gasteiger partial charge in [-0.05, 0) is 93.3 Å². The lowest BCUT2D eigenvalue weighted by molar-refractivity contribution is -0.133. The maximum atomic E-state index is 14.2. The first-order valence-electron chi connectivity index (χ1n) is 16.4. The summed E-state index contributed by atoms with van der Waals surface area (Å²) in [5.41, 5.74) is 4.27. The molecule has 6 nitrogen and oxygen atoms in total. The number of carbonyl (C=O) groups is 2. The van der Waals surface area contributed by atoms with Gasteiger partial charge < -0.3 is 20.4 Å². The van der Waals surface area contributed by atoms with Gasteiger partial charge >= 0.3 is 0 Å². The predicted octanol–water partition coefficient (Wildman–Crippen LogP) is 5.63. The number of carbonyl (C=O) groups excluding carboxylic acids is 2. The lowest BCUT2D eigenvalue weighted by Crippen LogP contribution is -2.50. The lowest BCUT2D eigenvalue weighted by Gasteiger charge is -2.35. The van der Waals surface area contributed by atoms with Gasteiger partial charge in [-0.25, -0.2) is 0 Å². The van der Waals surface area contributed by atoms with Crippen LogP contribution in [-0.2, 0) is 4.79 Å². The van der Waals surface area contributed by atoms with E-state index in [9.17, 15) is 9.59 Å². The minimum Gasteiger partial charge on any atom is -0.350 e. The van der Waals surface area contributed by atoms with Crippen molar-refractivity contribution in [2.75, 3.05) is 39.3 Å². The molecule has 2 heterocycles. The molecule has 43 heavy (non-hydrogen) atoms. The molecule has 3 aliphatic rings. The molecule has 0 bridgehead atoms. The maximum absolute atomic E-state index is 14.2. The molecule has 2 aromatic rings. The van der Waals surface area contributed by atoms with Crippen molar-refractivity contribution < 1.29 is 9.59 Å². The van der Waals surface area contributed by atoms with Crippen molar-refractivity contribution in [1.82, 2.24) is 20.4 Å². The van der Waals surface area contributed by atoms with Gasteiger partial charge in [0.15, 0.2) is 0 Å². The Kier molecular flexibility index (Phi) is 10.9. The summed E-state index contributed by atoms with van der Waals surface area (Å²) in [7, 11) is 0. The highest BCUT2D eigenvalue weighted by Gasteiger charge is 2.35. The van der Waals surface area contributed by atoms with E-state index in [0.717, 1.165) is 38.0 Å². The zero-order valence-corrected chi connectivity index (χ0v) is 26.3. The summed E-state index contributed by atoms with van der Waals surface area (Å²) in [5, 5.41) is 6.87. The number of amides is 2. The number of rotatable bonds is 10. The van der Waals surface area contributed by atoms with Crippen molar-refractivity contribution in [3.8, 4) is 0 Å². The standard InChI is InChI=1S/C37H50N4O2/c1-27-16-17-31(24-29(27)3)36(42)38-25-32-18-23-41(37(43)35(39-32)19-22-40-20-10-5-11-21-40)26-34(30-13-6-4-7-14-30)33-15-9-8-12-28(33)2/h4,6-9,12-17,24,28,32-35,39H,5,10-11,18-23,25-26H2,1-3H3,(H,38,42)/t28?,32-,33?,34?,35-/m0/s1. The smallest absolute Gasteiger partial charge is 0.251 e. The molecule has 5 atom stereocenters. The first-order valence-corrected chi connectivity index (χ1v) is 16.4. The van der Waals surface area contributed by atoms with Crippen LogP contribution in [0.2, 0.25) is 0 Å². The largest absolute Gasteiger partial charge is 0.350 e. The van der Waals surface area contributed by atoms with Crippen LogP contribution >= 0.6 is 0 Å². The summed E-state index contributed by atoms with van der Waals surface area (Å²) in [4.78, 5) is 31.9. The zero-order valence-electron chi connectivity index (χ0n) is 26.3. The number of benzene rings is 2. The average Bonchev–Trinajstić information content (AvgIpc) is 3.18. The van der Waals surface area contributed by atoms with Crippen molar-refractivity contribution in [2.24, 2.45) is 11.8 Å². The van der Waals surface area contributed by atoms with Gasteiger partial charge in [-0.2, -0.15) is 0 Å². The van der Waals surface area contributed by atoms with E-state index < -0.39 is 0 Å². The molecule has 0 aromatic heterocycles. The van der Waals surface area contributed by atoms with Crippen molar-refractivity contribution in [3.05, 3.63) is 95.1 Å². The first kappa shape index (κ1) is 31.2. The Morgan fingerprint density at radius 1 is 0.977 bits per heavy atom. The highest BCUT2D eigenvalue weighted by molar-refractivity contribution is 5.94. The normalized spacial score (nSPS) is 25.4. The molecule has 2 aromatic carbocycles. The number of hydrogen-bond donors (Lipinski definition) is 2. The van der Waals surface area contributed by atoms with Crippen molar-refractivity contribution in [3.63, 3.8) is 0 Å². The molecule has 2 fully saturated rings. The number of piperidine rings is 1. The molecular weight excluding hydrogens is 532 g/mol. The monoisotopic (exact) mass is 582 g/mol. The summed E-state index contributed by atoms with van der Waals surface area (Å²) in [6, 6.07) is 16.3. The predicted molar refractivity (Wildman–Crippen MR) is 175 cm³/mol. The van der Waals surface area contributed by atoms with Crippen molar-refractivity contribution in [1.29, 1.82) is 0 Å². The minimum absolute atomic E-state index is 0.0300. The number of nitrogens with one attached hydrogen (secondary N) is 2. The Morgan fingerprint density at radius 2 is 1.74 bits per heavy atom. The van der Waals surface area contributed by atoms with E-state index in [1.54, 1.807) is 0 Å². The highest BCUT2D eigenvalue weighted by atomic mass is 16.2. The number of aryl methyl sites for hydroxylation is 2. The second-order valence-electron chi connectivity index (χ2n) is 12.9. The average molecular weight is 583 g/mol. The Morgan fingerprint density at radius 3 is 2.49 bits per heavy atom. The van der Waals surface area contributed by atoms with E-state index in [1.807, 2.05) is 25.1 Å². The van der Waals surface area contributed by atoms with Crippen molar-refractivity contribution in [2.45, 2.75) is 70.9 Å². The summed E-state index contributed by atoms with van der Waals surface area (Å²) in [6.07, 6.45) is 14.3. The Bertz CT molecular complexity index is 1280. The summed E-state index contributed by atoms with van der Waals surface area (Å²) in [5.74, 6) is 1.08. The quantitative estimate of drug-likeness (QED) is 0.381. The molecule has 0 radical (unpaired) electrons. The van der Waals surface area contributed by atoms with Crippen LogP contribution in [-0.4, -0.2) is 73.0 Å². The van der Waals surface area contributed by atoms with E-state index in [2.05, 4.69) is 88.9 Å². The Hall–Kier alpha value is -3.22. The van der Waals surface area contributed by atoms with Gasteiger partial charge in [-0.1, -0.05) is 74.0 Å². The molecular formula is C37H50N4O2. The fraction of sp³-hybridized carbons (Fsp3) is 0.514. The topological polar surface area (TPSA) is 64.7 Å². The van der Waals surface area contributed by atoms with Crippen molar-refractivity contribution >= 4 is 11.8 Å². The molecule has 6 heteroatoms. The van der Waals surface area contributed by atoms with Gasteiger partial charge in [0.05, 0.1) is 6.04 Å². The molecule has 2 amide bonds. The molecule has 2 N–H and O–H groups in total. The van der Waals surface area contributed by atoms with Gasteiger partial charge in [0.25, 0.3) is 5.91 Å². The van der Waals surface area contributed by atoms with E-state index in [0.29, 0.717) is 37.0 Å². The second kappa shape index (κ2) is 15.0. The number of likely N-dealkylation sites (tertiary alicyclic amines) is 1. The molecule has 230 valence electrons. The minimum atomic E-state index is -0.261. The number of nitrogens with zero attached hydrogens (tertiary/aromatic N) is 2.